The van der Waals surface area contributed by atoms with Crippen molar-refractivity contribution in [3.05, 3.63) is 29.8 Å². The van der Waals surface area contributed by atoms with Crippen LogP contribution in [0.1, 0.15) is 63.9 Å². The van der Waals surface area contributed by atoms with Crippen molar-refractivity contribution in [2.24, 2.45) is 5.92 Å². The smallest absolute Gasteiger partial charge is 0.307 e. The van der Waals surface area contributed by atoms with Crippen LogP contribution < -0.4 is 4.90 Å². The van der Waals surface area contributed by atoms with E-state index in [2.05, 4.69) is 0 Å². The van der Waals surface area contributed by atoms with E-state index in [0.717, 1.165) is 44.1 Å². The molecule has 1 spiro atoms. The molecule has 7 nitrogen and oxygen atoms in total. The van der Waals surface area contributed by atoms with Gasteiger partial charge in [-0.25, -0.2) is 0 Å². The number of hydrogen-bond donors (Lipinski definition) is 0. The minimum Gasteiger partial charge on any atom is -0.453 e. The van der Waals surface area contributed by atoms with E-state index in [1.54, 1.807) is 4.90 Å². The molecule has 0 bridgehead atoms. The Hall–Kier alpha value is -2.70. The van der Waals surface area contributed by atoms with Crippen molar-refractivity contribution >= 4 is 29.3 Å². The van der Waals surface area contributed by atoms with Gasteiger partial charge in [0.1, 0.15) is 5.78 Å². The Morgan fingerprint density at radius 2 is 1.75 bits per heavy atom. The van der Waals surface area contributed by atoms with Crippen LogP contribution in [-0.2, 0) is 23.9 Å². The fourth-order valence-electron chi connectivity index (χ4n) is 6.55. The largest absolute Gasteiger partial charge is 0.453 e. The zero-order valence-electron chi connectivity index (χ0n) is 18.7. The van der Waals surface area contributed by atoms with Gasteiger partial charge < -0.3 is 9.64 Å². The van der Waals surface area contributed by atoms with Gasteiger partial charge in [0.15, 0.2) is 11.6 Å². The molecule has 3 aliphatic heterocycles. The fourth-order valence-corrected chi connectivity index (χ4v) is 6.55. The van der Waals surface area contributed by atoms with Gasteiger partial charge in [0.25, 0.3) is 5.91 Å². The van der Waals surface area contributed by atoms with Gasteiger partial charge in [-0.15, -0.1) is 0 Å². The number of nitrogens with zero attached hydrogens (tertiary/aromatic N) is 2. The summed E-state index contributed by atoms with van der Waals surface area (Å²) in [6.07, 6.45) is 6.13. The molecule has 3 saturated heterocycles. The van der Waals surface area contributed by atoms with Crippen molar-refractivity contribution in [2.45, 2.75) is 88.9 Å². The number of ether oxygens (including phenoxy) is 1. The number of carbonyl (C=O) groups is 4. The maximum Gasteiger partial charge on any atom is 0.307 e. The summed E-state index contributed by atoms with van der Waals surface area (Å²) in [5.41, 5.74) is 0.252. The molecule has 1 saturated carbocycles. The maximum atomic E-state index is 14.1. The number of rotatable bonds is 4. The van der Waals surface area contributed by atoms with E-state index in [-0.39, 0.29) is 36.5 Å². The SMILES string of the molecule is CC(=O)C[C@@H]1N(C2CCCCCC2)C(=O)[C@@H]2N(c3ccccc3C)C(=O)[C@@H]3CC(=O)O[C@@]213. The van der Waals surface area contributed by atoms with Crippen LogP contribution in [0.3, 0.4) is 0 Å². The highest BCUT2D eigenvalue weighted by molar-refractivity contribution is 6.12. The van der Waals surface area contributed by atoms with Crippen molar-refractivity contribution in [3.63, 3.8) is 0 Å². The number of benzene rings is 1. The Labute approximate surface area is 188 Å². The molecule has 3 heterocycles. The summed E-state index contributed by atoms with van der Waals surface area (Å²) in [5.74, 6) is -1.71. The van der Waals surface area contributed by atoms with Gasteiger partial charge in [-0.1, -0.05) is 43.9 Å². The molecule has 0 radical (unpaired) electrons. The summed E-state index contributed by atoms with van der Waals surface area (Å²) >= 11 is 0. The van der Waals surface area contributed by atoms with Crippen molar-refractivity contribution in [1.29, 1.82) is 0 Å². The summed E-state index contributed by atoms with van der Waals surface area (Å²) < 4.78 is 5.98. The highest BCUT2D eigenvalue weighted by Crippen LogP contribution is 2.56. The fraction of sp³-hybridized carbons (Fsp3) is 0.600. The van der Waals surface area contributed by atoms with E-state index in [1.807, 2.05) is 36.1 Å². The Morgan fingerprint density at radius 3 is 2.41 bits per heavy atom. The molecule has 0 N–H and O–H groups in total. The number of anilines is 1. The van der Waals surface area contributed by atoms with Crippen LogP contribution in [0, 0.1) is 12.8 Å². The molecular weight excluding hydrogens is 408 g/mol. The number of esters is 1. The summed E-state index contributed by atoms with van der Waals surface area (Å²) in [5, 5.41) is 0. The second-order valence-electron chi connectivity index (χ2n) is 9.79. The molecule has 0 unspecified atom stereocenters. The molecule has 1 aromatic carbocycles. The first-order valence-electron chi connectivity index (χ1n) is 11.8. The molecule has 1 aromatic rings. The monoisotopic (exact) mass is 438 g/mol. The summed E-state index contributed by atoms with van der Waals surface area (Å²) in [7, 11) is 0. The van der Waals surface area contributed by atoms with Crippen molar-refractivity contribution in [1.82, 2.24) is 4.90 Å². The number of carbonyl (C=O) groups excluding carboxylic acids is 4. The number of hydrogen-bond acceptors (Lipinski definition) is 5. The Bertz CT molecular complexity index is 982. The average Bonchev–Trinajstić information content (AvgIpc) is 3.14. The predicted molar refractivity (Wildman–Crippen MR) is 117 cm³/mol. The first-order chi connectivity index (χ1) is 15.4. The lowest BCUT2D eigenvalue weighted by Crippen LogP contribution is -2.54. The van der Waals surface area contributed by atoms with Crippen LogP contribution in [-0.4, -0.2) is 52.2 Å². The van der Waals surface area contributed by atoms with Crippen molar-refractivity contribution < 1.29 is 23.9 Å². The van der Waals surface area contributed by atoms with Gasteiger partial charge in [0, 0.05) is 18.2 Å². The number of amides is 2. The number of aryl methyl sites for hydroxylation is 1. The van der Waals surface area contributed by atoms with Gasteiger partial charge in [-0.2, -0.15) is 0 Å². The highest BCUT2D eigenvalue weighted by atomic mass is 16.6. The molecule has 7 heteroatoms. The van der Waals surface area contributed by atoms with Crippen molar-refractivity contribution in [2.75, 3.05) is 4.90 Å². The van der Waals surface area contributed by atoms with Crippen LogP contribution in [0.5, 0.6) is 0 Å². The molecule has 4 atom stereocenters. The number of ketones is 1. The molecule has 4 fully saturated rings. The van der Waals surface area contributed by atoms with Gasteiger partial charge in [-0.3, -0.25) is 24.1 Å². The molecule has 5 rings (SSSR count). The Balaban J connectivity index is 1.66. The third kappa shape index (κ3) is 2.93. The summed E-state index contributed by atoms with van der Waals surface area (Å²) in [6.45, 7) is 3.41. The molecule has 0 aromatic heterocycles. The first-order valence-corrected chi connectivity index (χ1v) is 11.8. The lowest BCUT2D eigenvalue weighted by molar-refractivity contribution is -0.153. The topological polar surface area (TPSA) is 84.0 Å². The lowest BCUT2D eigenvalue weighted by Gasteiger charge is -2.38. The van der Waals surface area contributed by atoms with Gasteiger partial charge in [-0.05, 0) is 38.3 Å². The van der Waals surface area contributed by atoms with Gasteiger partial charge in [0.2, 0.25) is 5.91 Å². The quantitative estimate of drug-likeness (QED) is 0.533. The molecule has 2 amide bonds. The number of Topliss-reactive ketones (excluding diaryl/α,β-unsaturated/α-hetero) is 1. The van der Waals surface area contributed by atoms with Gasteiger partial charge >= 0.3 is 5.97 Å². The maximum absolute atomic E-state index is 14.1. The molecule has 1 aliphatic carbocycles. The second-order valence-corrected chi connectivity index (χ2v) is 9.79. The van der Waals surface area contributed by atoms with E-state index < -0.39 is 29.6 Å². The van der Waals surface area contributed by atoms with E-state index in [1.165, 1.54) is 6.92 Å². The van der Waals surface area contributed by atoms with E-state index >= 15 is 0 Å². The first kappa shape index (κ1) is 21.2. The van der Waals surface area contributed by atoms with E-state index in [4.69, 9.17) is 4.74 Å². The second kappa shape index (κ2) is 7.71. The zero-order chi connectivity index (χ0) is 22.6. The van der Waals surface area contributed by atoms with Crippen LogP contribution in [0.25, 0.3) is 0 Å². The predicted octanol–water partition coefficient (Wildman–Crippen LogP) is 2.92. The van der Waals surface area contributed by atoms with E-state index in [9.17, 15) is 19.2 Å². The molecule has 4 aliphatic rings. The highest BCUT2D eigenvalue weighted by Gasteiger charge is 2.77. The average molecular weight is 439 g/mol. The number of likely N-dealkylation sites (tertiary alicyclic amines) is 1. The Morgan fingerprint density at radius 1 is 1.06 bits per heavy atom. The molecular formula is C25H30N2O5. The third-order valence-corrected chi connectivity index (χ3v) is 7.85. The minimum absolute atomic E-state index is 0.00287. The Kier molecular flexibility index (Phi) is 5.10. The van der Waals surface area contributed by atoms with Crippen LogP contribution >= 0.6 is 0 Å². The molecule has 170 valence electrons. The van der Waals surface area contributed by atoms with Crippen LogP contribution in [0.15, 0.2) is 24.3 Å². The van der Waals surface area contributed by atoms with Crippen molar-refractivity contribution in [3.8, 4) is 0 Å². The van der Waals surface area contributed by atoms with Gasteiger partial charge in [0.05, 0.1) is 18.4 Å². The van der Waals surface area contributed by atoms with E-state index in [0.29, 0.717) is 5.69 Å². The van der Waals surface area contributed by atoms with Crippen LogP contribution in [0.4, 0.5) is 5.69 Å². The third-order valence-electron chi connectivity index (χ3n) is 7.85. The zero-order valence-corrected chi connectivity index (χ0v) is 18.7. The normalized spacial score (nSPS) is 32.7. The van der Waals surface area contributed by atoms with Crippen LogP contribution in [0.2, 0.25) is 0 Å². The summed E-state index contributed by atoms with van der Waals surface area (Å²) in [6, 6.07) is 5.97. The number of para-hydroxylation sites is 1. The summed E-state index contributed by atoms with van der Waals surface area (Å²) in [4.78, 5) is 56.1. The lowest BCUT2D eigenvalue weighted by atomic mass is 9.79. The standard InChI is InChI=1S/C25H30N2O5/c1-15-9-7-8-12-19(15)27-22-24(31)26(17-10-5-3-4-6-11-17)20(13-16(2)28)25(22)18(23(27)30)14-21(29)32-25/h7-9,12,17-18,20,22H,3-6,10-11,13-14H2,1-2H3/t18-,20-,22-,25+/m0/s1. The molecule has 32 heavy (non-hydrogen) atoms. The minimum atomic E-state index is -1.30.